The Morgan fingerprint density at radius 2 is 1.65 bits per heavy atom. The van der Waals surface area contributed by atoms with E-state index < -0.39 is 0 Å². The first-order valence-electron chi connectivity index (χ1n) is 8.02. The number of hydrogen-bond acceptors (Lipinski definition) is 2. The molecule has 0 aromatic rings. The minimum absolute atomic E-state index is 0.160. The van der Waals surface area contributed by atoms with Gasteiger partial charge in [-0.15, -0.1) is 0 Å². The van der Waals surface area contributed by atoms with E-state index in [0.29, 0.717) is 6.42 Å². The minimum Gasteiger partial charge on any atom is -0.373 e. The van der Waals surface area contributed by atoms with Gasteiger partial charge in [-0.25, -0.2) is 0 Å². The second-order valence-electron chi connectivity index (χ2n) is 5.94. The molecule has 0 aromatic heterocycles. The van der Waals surface area contributed by atoms with Gasteiger partial charge in [-0.3, -0.25) is 4.79 Å². The molecule has 114 valence electrons. The van der Waals surface area contributed by atoms with E-state index >= 15 is 0 Å². The number of ether oxygens (including phenoxy) is 1. The highest BCUT2D eigenvalue weighted by Gasteiger charge is 2.31. The molecule has 1 aliphatic carbocycles. The van der Waals surface area contributed by atoms with Gasteiger partial charge in [-0.1, -0.05) is 62.3 Å². The fourth-order valence-corrected chi connectivity index (χ4v) is 2.98. The summed E-state index contributed by atoms with van der Waals surface area (Å²) in [5, 5.41) is 0. The fraction of sp³-hybridized carbons (Fsp3) is 0.722. The maximum absolute atomic E-state index is 12.4. The predicted octanol–water partition coefficient (Wildman–Crippen LogP) is 4.84. The van der Waals surface area contributed by atoms with E-state index in [2.05, 4.69) is 32.9 Å². The van der Waals surface area contributed by atoms with Crippen molar-refractivity contribution in [3.63, 3.8) is 0 Å². The van der Waals surface area contributed by atoms with Crippen LogP contribution < -0.4 is 0 Å². The van der Waals surface area contributed by atoms with E-state index in [1.54, 1.807) is 7.11 Å². The normalized spacial score (nSPS) is 17.0. The Hall–Kier alpha value is -0.890. The molecule has 1 atom stereocenters. The van der Waals surface area contributed by atoms with Crippen LogP contribution in [0.1, 0.15) is 65.7 Å². The zero-order valence-corrected chi connectivity index (χ0v) is 13.6. The number of carbonyl (C=O) groups excluding carboxylic acids is 1. The van der Waals surface area contributed by atoms with Crippen LogP contribution in [0.15, 0.2) is 23.3 Å². The molecule has 0 heterocycles. The molecule has 0 N–H and O–H groups in total. The lowest BCUT2D eigenvalue weighted by atomic mass is 9.87. The number of ketones is 1. The molecule has 2 nitrogen and oxygen atoms in total. The van der Waals surface area contributed by atoms with Crippen molar-refractivity contribution in [1.29, 1.82) is 0 Å². The topological polar surface area (TPSA) is 26.3 Å². The zero-order valence-electron chi connectivity index (χ0n) is 13.6. The average molecular weight is 278 g/mol. The number of Topliss-reactive ketones (excluding diaryl/α,β-unsaturated/α-hetero) is 1. The van der Waals surface area contributed by atoms with Gasteiger partial charge < -0.3 is 4.74 Å². The molecule has 1 aliphatic rings. The summed E-state index contributed by atoms with van der Waals surface area (Å²) in [6.45, 7) is 6.39. The third-order valence-corrected chi connectivity index (χ3v) is 4.24. The van der Waals surface area contributed by atoms with Crippen molar-refractivity contribution < 1.29 is 9.53 Å². The van der Waals surface area contributed by atoms with Gasteiger partial charge in [0, 0.05) is 19.4 Å². The Bertz CT molecular complexity index is 348. The van der Waals surface area contributed by atoms with Gasteiger partial charge in [0.05, 0.1) is 0 Å². The number of allylic oxidation sites excluding steroid dienone is 2. The molecule has 0 spiro atoms. The Labute approximate surface area is 124 Å². The molecule has 0 saturated heterocycles. The highest BCUT2D eigenvalue weighted by atomic mass is 16.5. The van der Waals surface area contributed by atoms with Crippen LogP contribution in [0.3, 0.4) is 0 Å². The minimum atomic E-state index is -0.291. The molecule has 0 fully saturated rings. The zero-order chi connectivity index (χ0) is 15.0. The summed E-state index contributed by atoms with van der Waals surface area (Å²) in [6, 6.07) is 0. The summed E-state index contributed by atoms with van der Waals surface area (Å²) >= 11 is 0. The molecule has 0 radical (unpaired) electrons. The van der Waals surface area contributed by atoms with Crippen LogP contribution in [-0.2, 0) is 9.53 Å². The van der Waals surface area contributed by atoms with Crippen molar-refractivity contribution in [2.24, 2.45) is 5.92 Å². The Kier molecular flexibility index (Phi) is 7.83. The standard InChI is InChI=1S/C18H30O2/c1-5-6-7-8-9-10-11-16(19)18(20-4)17-14(2)12-13-15(17)3/h12-13,17-18H,5-11H2,1-4H3. The number of methoxy groups -OCH3 is 1. The average Bonchev–Trinajstić information content (AvgIpc) is 2.76. The molecule has 2 heteroatoms. The van der Waals surface area contributed by atoms with Gasteiger partial charge >= 0.3 is 0 Å². The van der Waals surface area contributed by atoms with Crippen molar-refractivity contribution in [2.75, 3.05) is 7.11 Å². The lowest BCUT2D eigenvalue weighted by Gasteiger charge is -2.24. The van der Waals surface area contributed by atoms with Crippen molar-refractivity contribution in [2.45, 2.75) is 71.8 Å². The molecular weight excluding hydrogens is 248 g/mol. The van der Waals surface area contributed by atoms with Gasteiger partial charge in [0.15, 0.2) is 5.78 Å². The van der Waals surface area contributed by atoms with E-state index in [-0.39, 0.29) is 17.8 Å². The molecule has 0 saturated carbocycles. The second kappa shape index (κ2) is 9.12. The van der Waals surface area contributed by atoms with Gasteiger partial charge in [-0.2, -0.15) is 0 Å². The summed E-state index contributed by atoms with van der Waals surface area (Å²) in [5.74, 6) is 0.419. The van der Waals surface area contributed by atoms with Crippen molar-refractivity contribution >= 4 is 5.78 Å². The van der Waals surface area contributed by atoms with Crippen LogP contribution in [0.2, 0.25) is 0 Å². The predicted molar refractivity (Wildman–Crippen MR) is 84.8 cm³/mol. The molecule has 0 amide bonds. The van der Waals surface area contributed by atoms with Crippen molar-refractivity contribution in [3.05, 3.63) is 23.3 Å². The largest absolute Gasteiger partial charge is 0.373 e. The first kappa shape index (κ1) is 17.2. The molecule has 1 unspecified atom stereocenters. The highest BCUT2D eigenvalue weighted by Crippen LogP contribution is 2.31. The van der Waals surface area contributed by atoms with Crippen LogP contribution in [0.4, 0.5) is 0 Å². The van der Waals surface area contributed by atoms with E-state index in [1.807, 2.05) is 0 Å². The Morgan fingerprint density at radius 1 is 1.10 bits per heavy atom. The van der Waals surface area contributed by atoms with Gasteiger partial charge in [-0.05, 0) is 20.3 Å². The summed E-state index contributed by atoms with van der Waals surface area (Å²) in [6.07, 6.45) is 11.9. The van der Waals surface area contributed by atoms with E-state index in [0.717, 1.165) is 12.8 Å². The first-order valence-corrected chi connectivity index (χ1v) is 8.02. The fourth-order valence-electron chi connectivity index (χ4n) is 2.98. The third kappa shape index (κ3) is 4.90. The molecule has 0 bridgehead atoms. The summed E-state index contributed by atoms with van der Waals surface area (Å²) in [5.41, 5.74) is 2.48. The van der Waals surface area contributed by atoms with Crippen molar-refractivity contribution in [3.8, 4) is 0 Å². The SMILES string of the molecule is CCCCCCCCC(=O)C(OC)C1C(C)=CC=C1C. The quantitative estimate of drug-likeness (QED) is 0.534. The van der Waals surface area contributed by atoms with Crippen LogP contribution in [0.5, 0.6) is 0 Å². The summed E-state index contributed by atoms with van der Waals surface area (Å²) in [7, 11) is 1.66. The van der Waals surface area contributed by atoms with Gasteiger partial charge in [0.1, 0.15) is 6.10 Å². The third-order valence-electron chi connectivity index (χ3n) is 4.24. The van der Waals surface area contributed by atoms with Crippen LogP contribution in [-0.4, -0.2) is 19.0 Å². The second-order valence-corrected chi connectivity index (χ2v) is 5.94. The first-order chi connectivity index (χ1) is 9.61. The van der Waals surface area contributed by atoms with Gasteiger partial charge in [0.2, 0.25) is 0 Å². The van der Waals surface area contributed by atoms with E-state index in [9.17, 15) is 4.79 Å². The monoisotopic (exact) mass is 278 g/mol. The Morgan fingerprint density at radius 3 is 2.20 bits per heavy atom. The Balaban J connectivity index is 2.36. The van der Waals surface area contributed by atoms with E-state index in [4.69, 9.17) is 4.74 Å². The van der Waals surface area contributed by atoms with Crippen molar-refractivity contribution in [1.82, 2.24) is 0 Å². The number of rotatable bonds is 10. The lowest BCUT2D eigenvalue weighted by Crippen LogP contribution is -2.32. The molecule has 1 rings (SSSR count). The van der Waals surface area contributed by atoms with E-state index in [1.165, 1.54) is 36.8 Å². The maximum Gasteiger partial charge on any atom is 0.162 e. The molecule has 0 aliphatic heterocycles. The molecule has 20 heavy (non-hydrogen) atoms. The highest BCUT2D eigenvalue weighted by molar-refractivity contribution is 5.84. The summed E-state index contributed by atoms with van der Waals surface area (Å²) < 4.78 is 5.50. The van der Waals surface area contributed by atoms with Crippen LogP contribution in [0, 0.1) is 5.92 Å². The lowest BCUT2D eigenvalue weighted by molar-refractivity contribution is -0.130. The smallest absolute Gasteiger partial charge is 0.162 e. The number of hydrogen-bond donors (Lipinski definition) is 0. The number of unbranched alkanes of at least 4 members (excludes halogenated alkanes) is 5. The van der Waals surface area contributed by atoms with Crippen LogP contribution in [0.25, 0.3) is 0 Å². The van der Waals surface area contributed by atoms with Gasteiger partial charge in [0.25, 0.3) is 0 Å². The molecule has 0 aromatic carbocycles. The van der Waals surface area contributed by atoms with Crippen LogP contribution >= 0.6 is 0 Å². The maximum atomic E-state index is 12.4. The molecular formula is C18H30O2. The number of carbonyl (C=O) groups is 1. The summed E-state index contributed by atoms with van der Waals surface area (Å²) in [4.78, 5) is 12.4.